The van der Waals surface area contributed by atoms with Crippen LogP contribution in [0.15, 0.2) is 36.5 Å². The van der Waals surface area contributed by atoms with Crippen LogP contribution in [0.2, 0.25) is 0 Å². The van der Waals surface area contributed by atoms with Crippen molar-refractivity contribution in [1.82, 2.24) is 10.3 Å². The summed E-state index contributed by atoms with van der Waals surface area (Å²) in [6, 6.07) is 8.71. The van der Waals surface area contributed by atoms with Crippen LogP contribution >= 0.6 is 0 Å². The number of hydrogen-bond acceptors (Lipinski definition) is 5. The number of urea groups is 1. The predicted molar refractivity (Wildman–Crippen MR) is 102 cm³/mol. The maximum Gasteiger partial charge on any atom is 0.329 e. The SMILES string of the molecule is CC[C@@]1(C)NC(=O)N(c2ccc(Oc3cccc4c3C3CC3CO4)nc2)C1=O. The van der Waals surface area contributed by atoms with Gasteiger partial charge >= 0.3 is 6.03 Å². The molecule has 7 heteroatoms. The van der Waals surface area contributed by atoms with Crippen molar-refractivity contribution in [3.8, 4) is 17.4 Å². The van der Waals surface area contributed by atoms with Crippen molar-refractivity contribution < 1.29 is 19.1 Å². The molecule has 0 spiro atoms. The van der Waals surface area contributed by atoms with E-state index in [1.165, 1.54) is 6.20 Å². The number of anilines is 1. The standard InChI is InChI=1S/C21H21N3O4/c1-3-21(2)19(25)24(20(26)23-21)13-7-8-17(22-10-13)28-16-6-4-5-15-18(16)14-9-12(14)11-27-15/h4-8,10,12,14H,3,9,11H2,1-2H3,(H,23,26)/t12?,14?,21-/m1/s1. The number of imide groups is 1. The van der Waals surface area contributed by atoms with Gasteiger partial charge in [-0.25, -0.2) is 14.7 Å². The molecular formula is C21H21N3O4. The molecule has 1 saturated heterocycles. The molecule has 3 aliphatic rings. The average Bonchev–Trinajstić information content (AvgIpc) is 3.45. The third kappa shape index (κ3) is 2.53. The lowest BCUT2D eigenvalue weighted by Crippen LogP contribution is -2.43. The Balaban J connectivity index is 1.39. The zero-order valence-corrected chi connectivity index (χ0v) is 15.8. The Morgan fingerprint density at radius 2 is 2.18 bits per heavy atom. The van der Waals surface area contributed by atoms with E-state index in [9.17, 15) is 9.59 Å². The molecule has 3 heterocycles. The first kappa shape index (κ1) is 17.0. The molecule has 1 aliphatic carbocycles. The summed E-state index contributed by atoms with van der Waals surface area (Å²) in [5, 5.41) is 2.74. The minimum Gasteiger partial charge on any atom is -0.493 e. The molecule has 144 valence electrons. The van der Waals surface area contributed by atoms with Crippen molar-refractivity contribution in [2.24, 2.45) is 5.92 Å². The second kappa shape index (κ2) is 5.95. The largest absolute Gasteiger partial charge is 0.493 e. The number of pyridine rings is 1. The molecular weight excluding hydrogens is 358 g/mol. The van der Waals surface area contributed by atoms with Crippen LogP contribution in [0.1, 0.15) is 38.2 Å². The highest BCUT2D eigenvalue weighted by atomic mass is 16.5. The molecule has 0 bridgehead atoms. The second-order valence-corrected chi connectivity index (χ2v) is 7.79. The van der Waals surface area contributed by atoms with Gasteiger partial charge in [0.2, 0.25) is 5.88 Å². The van der Waals surface area contributed by atoms with Crippen LogP contribution in [0.4, 0.5) is 10.5 Å². The lowest BCUT2D eigenvalue weighted by molar-refractivity contribution is -0.121. The number of ether oxygens (including phenoxy) is 2. The quantitative estimate of drug-likeness (QED) is 0.821. The van der Waals surface area contributed by atoms with E-state index in [4.69, 9.17) is 9.47 Å². The maximum absolute atomic E-state index is 12.6. The van der Waals surface area contributed by atoms with Gasteiger partial charge < -0.3 is 14.8 Å². The number of nitrogens with zero attached hydrogens (tertiary/aromatic N) is 2. The van der Waals surface area contributed by atoms with Crippen LogP contribution in [0.25, 0.3) is 0 Å². The number of carbonyl (C=O) groups is 2. The first-order valence-corrected chi connectivity index (χ1v) is 9.56. The molecule has 7 nitrogen and oxygen atoms in total. The molecule has 1 aromatic carbocycles. The van der Waals surface area contributed by atoms with Crippen molar-refractivity contribution in [1.29, 1.82) is 0 Å². The Kier molecular flexibility index (Phi) is 3.62. The van der Waals surface area contributed by atoms with Gasteiger partial charge in [-0.15, -0.1) is 0 Å². The number of hydrogen-bond donors (Lipinski definition) is 1. The molecule has 0 radical (unpaired) electrons. The molecule has 3 amide bonds. The first-order chi connectivity index (χ1) is 13.5. The van der Waals surface area contributed by atoms with E-state index >= 15 is 0 Å². The molecule has 2 fully saturated rings. The number of benzene rings is 1. The fourth-order valence-corrected chi connectivity index (χ4v) is 3.92. The zero-order valence-electron chi connectivity index (χ0n) is 15.8. The smallest absolute Gasteiger partial charge is 0.329 e. The molecule has 2 aliphatic heterocycles. The molecule has 2 aromatic rings. The highest BCUT2D eigenvalue weighted by Gasteiger charge is 2.47. The topological polar surface area (TPSA) is 80.8 Å². The monoisotopic (exact) mass is 379 g/mol. The minimum atomic E-state index is -0.879. The second-order valence-electron chi connectivity index (χ2n) is 7.79. The minimum absolute atomic E-state index is 0.274. The summed E-state index contributed by atoms with van der Waals surface area (Å²) in [6.07, 6.45) is 3.13. The molecule has 1 saturated carbocycles. The number of nitrogens with one attached hydrogen (secondary N) is 1. The fourth-order valence-electron chi connectivity index (χ4n) is 3.92. The first-order valence-electron chi connectivity index (χ1n) is 9.56. The average molecular weight is 379 g/mol. The number of aromatic nitrogens is 1. The lowest BCUT2D eigenvalue weighted by Gasteiger charge is -2.20. The van der Waals surface area contributed by atoms with E-state index < -0.39 is 11.6 Å². The van der Waals surface area contributed by atoms with Gasteiger partial charge in [0.25, 0.3) is 5.91 Å². The van der Waals surface area contributed by atoms with Gasteiger partial charge in [-0.2, -0.15) is 0 Å². The summed E-state index contributed by atoms with van der Waals surface area (Å²) < 4.78 is 11.8. The normalized spacial score (nSPS) is 27.6. The van der Waals surface area contributed by atoms with Crippen molar-refractivity contribution in [3.05, 3.63) is 42.1 Å². The van der Waals surface area contributed by atoms with Crippen molar-refractivity contribution in [3.63, 3.8) is 0 Å². The van der Waals surface area contributed by atoms with Gasteiger partial charge in [-0.05, 0) is 43.9 Å². The van der Waals surface area contributed by atoms with Gasteiger partial charge in [-0.3, -0.25) is 4.79 Å². The van der Waals surface area contributed by atoms with E-state index in [-0.39, 0.29) is 5.91 Å². The van der Waals surface area contributed by atoms with Crippen molar-refractivity contribution in [2.75, 3.05) is 11.5 Å². The summed E-state index contributed by atoms with van der Waals surface area (Å²) in [6.45, 7) is 4.37. The Hall–Kier alpha value is -3.09. The molecule has 1 N–H and O–H groups in total. The van der Waals surface area contributed by atoms with Crippen LogP contribution < -0.4 is 19.7 Å². The summed E-state index contributed by atoms with van der Waals surface area (Å²) >= 11 is 0. The predicted octanol–water partition coefficient (Wildman–Crippen LogP) is 3.59. The van der Waals surface area contributed by atoms with Gasteiger partial charge in [0.05, 0.1) is 18.5 Å². The van der Waals surface area contributed by atoms with Gasteiger partial charge in [0.15, 0.2) is 0 Å². The van der Waals surface area contributed by atoms with Gasteiger partial charge in [0.1, 0.15) is 17.0 Å². The fraction of sp³-hybridized carbons (Fsp3) is 0.381. The van der Waals surface area contributed by atoms with Crippen LogP contribution in [0, 0.1) is 5.92 Å². The molecule has 5 rings (SSSR count). The molecule has 2 unspecified atom stereocenters. The van der Waals surface area contributed by atoms with E-state index in [2.05, 4.69) is 10.3 Å². The Labute approximate surface area is 162 Å². The Morgan fingerprint density at radius 3 is 2.89 bits per heavy atom. The summed E-state index contributed by atoms with van der Waals surface area (Å²) in [7, 11) is 0. The number of carbonyl (C=O) groups excluding carboxylic acids is 2. The number of amides is 3. The van der Waals surface area contributed by atoms with Crippen LogP contribution in [0.3, 0.4) is 0 Å². The highest BCUT2D eigenvalue weighted by molar-refractivity contribution is 6.23. The lowest BCUT2D eigenvalue weighted by atomic mass is 9.99. The van der Waals surface area contributed by atoms with Crippen molar-refractivity contribution in [2.45, 2.75) is 38.1 Å². The van der Waals surface area contributed by atoms with Crippen LogP contribution in [-0.2, 0) is 4.79 Å². The van der Waals surface area contributed by atoms with E-state index in [0.29, 0.717) is 29.8 Å². The maximum atomic E-state index is 12.6. The summed E-state index contributed by atoms with van der Waals surface area (Å²) in [5.41, 5.74) is 0.654. The molecule has 3 atom stereocenters. The summed E-state index contributed by atoms with van der Waals surface area (Å²) in [5.74, 6) is 2.84. The van der Waals surface area contributed by atoms with Crippen LogP contribution in [0.5, 0.6) is 17.4 Å². The molecule has 1 aromatic heterocycles. The third-order valence-corrected chi connectivity index (χ3v) is 5.93. The highest BCUT2D eigenvalue weighted by Crippen LogP contribution is 2.57. The van der Waals surface area contributed by atoms with E-state index in [1.54, 1.807) is 19.1 Å². The zero-order chi connectivity index (χ0) is 19.5. The number of rotatable bonds is 4. The van der Waals surface area contributed by atoms with Gasteiger partial charge in [0, 0.05) is 17.5 Å². The van der Waals surface area contributed by atoms with E-state index in [0.717, 1.165) is 35.0 Å². The Bertz CT molecular complexity index is 974. The number of fused-ring (bicyclic) bond motifs is 3. The Morgan fingerprint density at radius 1 is 1.32 bits per heavy atom. The van der Waals surface area contributed by atoms with E-state index in [1.807, 2.05) is 25.1 Å². The van der Waals surface area contributed by atoms with Gasteiger partial charge in [-0.1, -0.05) is 13.0 Å². The third-order valence-electron chi connectivity index (χ3n) is 5.93. The summed E-state index contributed by atoms with van der Waals surface area (Å²) in [4.78, 5) is 30.3. The van der Waals surface area contributed by atoms with Crippen LogP contribution in [-0.4, -0.2) is 29.1 Å². The molecule has 28 heavy (non-hydrogen) atoms. The van der Waals surface area contributed by atoms with Crippen molar-refractivity contribution >= 4 is 17.6 Å².